The highest BCUT2D eigenvalue weighted by Crippen LogP contribution is 2.29. The zero-order valence-electron chi connectivity index (χ0n) is 15.5. The summed E-state index contributed by atoms with van der Waals surface area (Å²) in [5, 5.41) is 5.67. The fourth-order valence-electron chi connectivity index (χ4n) is 2.64. The molecule has 0 unspecified atom stereocenters. The summed E-state index contributed by atoms with van der Waals surface area (Å²) in [7, 11) is 3.19. The Morgan fingerprint density at radius 1 is 1.04 bits per heavy atom. The number of benzene rings is 2. The lowest BCUT2D eigenvalue weighted by Crippen LogP contribution is -2.28. The van der Waals surface area contributed by atoms with Crippen LogP contribution in [0.5, 0.6) is 11.5 Å². The molecule has 6 nitrogen and oxygen atoms in total. The van der Waals surface area contributed by atoms with Gasteiger partial charge < -0.3 is 20.1 Å². The Hall–Kier alpha value is -3.02. The van der Waals surface area contributed by atoms with Crippen molar-refractivity contribution in [3.8, 4) is 11.5 Å². The summed E-state index contributed by atoms with van der Waals surface area (Å²) in [6.45, 7) is 3.35. The molecule has 0 aliphatic carbocycles. The fraction of sp³-hybridized carbons (Fsp3) is 0.300. The number of nitrogens with one attached hydrogen (secondary N) is 2. The van der Waals surface area contributed by atoms with Gasteiger partial charge in [-0.2, -0.15) is 0 Å². The lowest BCUT2D eigenvalue weighted by atomic mass is 10.1. The topological polar surface area (TPSA) is 76.7 Å². The van der Waals surface area contributed by atoms with Gasteiger partial charge in [-0.1, -0.05) is 12.1 Å². The largest absolute Gasteiger partial charge is 0.497 e. The first kappa shape index (κ1) is 19.3. The van der Waals surface area contributed by atoms with Gasteiger partial charge in [0.15, 0.2) is 0 Å². The van der Waals surface area contributed by atoms with Crippen LogP contribution in [0.1, 0.15) is 31.0 Å². The van der Waals surface area contributed by atoms with Gasteiger partial charge in [0.2, 0.25) is 11.8 Å². The number of amides is 2. The van der Waals surface area contributed by atoms with Gasteiger partial charge in [-0.05, 0) is 42.8 Å². The van der Waals surface area contributed by atoms with Crippen molar-refractivity contribution < 1.29 is 19.1 Å². The molecule has 2 rings (SSSR count). The summed E-state index contributed by atoms with van der Waals surface area (Å²) in [4.78, 5) is 23.4. The van der Waals surface area contributed by atoms with Gasteiger partial charge in [-0.15, -0.1) is 0 Å². The molecule has 0 aliphatic heterocycles. The first-order valence-corrected chi connectivity index (χ1v) is 8.30. The van der Waals surface area contributed by atoms with Gasteiger partial charge >= 0.3 is 0 Å². The van der Waals surface area contributed by atoms with E-state index in [1.807, 2.05) is 37.3 Å². The third-order valence-electron chi connectivity index (χ3n) is 3.92. The van der Waals surface area contributed by atoms with Crippen LogP contribution in [0.3, 0.4) is 0 Å². The summed E-state index contributed by atoms with van der Waals surface area (Å²) < 4.78 is 10.6. The number of ether oxygens (including phenoxy) is 2. The highest BCUT2D eigenvalue weighted by Gasteiger charge is 2.15. The summed E-state index contributed by atoms with van der Waals surface area (Å²) in [5.41, 5.74) is 2.42. The average Bonchev–Trinajstić information content (AvgIpc) is 2.62. The summed E-state index contributed by atoms with van der Waals surface area (Å²) in [5.74, 6) is 1.17. The minimum absolute atomic E-state index is 0.102. The minimum atomic E-state index is -0.230. The van der Waals surface area contributed by atoms with Crippen molar-refractivity contribution in [2.45, 2.75) is 26.3 Å². The van der Waals surface area contributed by atoms with Crippen LogP contribution in [0.2, 0.25) is 0 Å². The zero-order chi connectivity index (χ0) is 19.1. The van der Waals surface area contributed by atoms with Crippen molar-refractivity contribution in [2.24, 2.45) is 0 Å². The number of rotatable bonds is 7. The molecule has 0 radical (unpaired) electrons. The van der Waals surface area contributed by atoms with Crippen LogP contribution >= 0.6 is 0 Å². The normalized spacial score (nSPS) is 11.4. The quantitative estimate of drug-likeness (QED) is 0.799. The highest BCUT2D eigenvalue weighted by atomic mass is 16.5. The van der Waals surface area contributed by atoms with Crippen molar-refractivity contribution in [3.63, 3.8) is 0 Å². The van der Waals surface area contributed by atoms with E-state index in [-0.39, 0.29) is 24.3 Å². The van der Waals surface area contributed by atoms with Crippen LogP contribution in [-0.2, 0) is 16.0 Å². The summed E-state index contributed by atoms with van der Waals surface area (Å²) >= 11 is 0. The molecule has 2 amide bonds. The summed E-state index contributed by atoms with van der Waals surface area (Å²) in [6.07, 6.45) is 0.247. The zero-order valence-corrected chi connectivity index (χ0v) is 15.5. The first-order valence-electron chi connectivity index (χ1n) is 8.30. The summed E-state index contributed by atoms with van der Waals surface area (Å²) in [6, 6.07) is 12.4. The number of carbonyl (C=O) groups is 2. The number of hydrogen-bond donors (Lipinski definition) is 2. The molecule has 2 aromatic carbocycles. The smallest absolute Gasteiger partial charge is 0.224 e. The number of methoxy groups -OCH3 is 2. The van der Waals surface area contributed by atoms with Gasteiger partial charge in [-0.25, -0.2) is 0 Å². The van der Waals surface area contributed by atoms with Crippen molar-refractivity contribution >= 4 is 17.5 Å². The van der Waals surface area contributed by atoms with Crippen molar-refractivity contribution in [2.75, 3.05) is 19.5 Å². The molecule has 2 aromatic rings. The Labute approximate surface area is 153 Å². The lowest BCUT2D eigenvalue weighted by Gasteiger charge is -2.18. The van der Waals surface area contributed by atoms with E-state index in [0.29, 0.717) is 17.2 Å². The van der Waals surface area contributed by atoms with Crippen molar-refractivity contribution in [3.05, 3.63) is 53.6 Å². The molecule has 0 saturated carbocycles. The maximum absolute atomic E-state index is 12.4. The van der Waals surface area contributed by atoms with Crippen LogP contribution in [0.4, 0.5) is 5.69 Å². The maximum Gasteiger partial charge on any atom is 0.224 e. The van der Waals surface area contributed by atoms with Gasteiger partial charge in [0, 0.05) is 18.2 Å². The molecule has 0 spiro atoms. The predicted molar refractivity (Wildman–Crippen MR) is 101 cm³/mol. The third-order valence-corrected chi connectivity index (χ3v) is 3.92. The molecular formula is C20H24N2O4. The van der Waals surface area contributed by atoms with Crippen LogP contribution in [0.25, 0.3) is 0 Å². The lowest BCUT2D eigenvalue weighted by molar-refractivity contribution is -0.121. The van der Waals surface area contributed by atoms with E-state index in [2.05, 4.69) is 10.6 Å². The second-order valence-corrected chi connectivity index (χ2v) is 5.95. The number of carbonyl (C=O) groups excluding carboxylic acids is 2. The number of hydrogen-bond acceptors (Lipinski definition) is 4. The van der Waals surface area contributed by atoms with Crippen LogP contribution in [0, 0.1) is 0 Å². The minimum Gasteiger partial charge on any atom is -0.497 e. The Kier molecular flexibility index (Phi) is 6.60. The molecule has 0 heterocycles. The molecule has 6 heteroatoms. The fourth-order valence-corrected chi connectivity index (χ4v) is 2.64. The molecule has 2 N–H and O–H groups in total. The number of anilines is 1. The van der Waals surface area contributed by atoms with Gasteiger partial charge in [-0.3, -0.25) is 9.59 Å². The molecule has 138 valence electrons. The third kappa shape index (κ3) is 5.24. The second-order valence-electron chi connectivity index (χ2n) is 5.95. The Bertz CT molecular complexity index is 772. The predicted octanol–water partition coefficient (Wildman–Crippen LogP) is 3.08. The molecule has 26 heavy (non-hydrogen) atoms. The second kappa shape index (κ2) is 8.89. The standard InChI is InChI=1S/C20H24N2O4/c1-13(18-12-17(25-3)9-10-19(18)26-4)21-20(24)11-15-5-7-16(8-6-15)22-14(2)23/h5-10,12-13H,11H2,1-4H3,(H,21,24)(H,22,23)/t13-/m1/s1. The Morgan fingerprint density at radius 3 is 2.31 bits per heavy atom. The van der Waals surface area contributed by atoms with E-state index < -0.39 is 0 Å². The van der Waals surface area contributed by atoms with E-state index in [1.165, 1.54) is 6.92 Å². The molecule has 0 aliphatic rings. The average molecular weight is 356 g/mol. The van der Waals surface area contributed by atoms with Gasteiger partial charge in [0.1, 0.15) is 11.5 Å². The monoisotopic (exact) mass is 356 g/mol. The van der Waals surface area contributed by atoms with E-state index in [0.717, 1.165) is 11.1 Å². The van der Waals surface area contributed by atoms with Crippen LogP contribution < -0.4 is 20.1 Å². The molecule has 0 saturated heterocycles. The van der Waals surface area contributed by atoms with E-state index in [9.17, 15) is 9.59 Å². The van der Waals surface area contributed by atoms with Gasteiger partial charge in [0.05, 0.1) is 26.7 Å². The Morgan fingerprint density at radius 2 is 1.73 bits per heavy atom. The van der Waals surface area contributed by atoms with Gasteiger partial charge in [0.25, 0.3) is 0 Å². The molecule has 0 aromatic heterocycles. The highest BCUT2D eigenvalue weighted by molar-refractivity contribution is 5.88. The van der Waals surface area contributed by atoms with E-state index >= 15 is 0 Å². The molecular weight excluding hydrogens is 332 g/mol. The molecule has 0 bridgehead atoms. The molecule has 0 fully saturated rings. The van der Waals surface area contributed by atoms with Crippen molar-refractivity contribution in [1.29, 1.82) is 0 Å². The van der Waals surface area contributed by atoms with Crippen LogP contribution in [-0.4, -0.2) is 26.0 Å². The van der Waals surface area contributed by atoms with Crippen LogP contribution in [0.15, 0.2) is 42.5 Å². The van der Waals surface area contributed by atoms with E-state index in [1.54, 1.807) is 26.4 Å². The SMILES string of the molecule is COc1ccc(OC)c([C@@H](C)NC(=O)Cc2ccc(NC(C)=O)cc2)c1. The van der Waals surface area contributed by atoms with Crippen molar-refractivity contribution in [1.82, 2.24) is 5.32 Å². The Balaban J connectivity index is 2.02. The maximum atomic E-state index is 12.4. The van der Waals surface area contributed by atoms with E-state index in [4.69, 9.17) is 9.47 Å². The molecule has 1 atom stereocenters. The first-order chi connectivity index (χ1) is 12.4.